The van der Waals surface area contributed by atoms with Crippen molar-refractivity contribution in [2.45, 2.75) is 39.4 Å². The first-order valence-electron chi connectivity index (χ1n) is 10.0. The van der Waals surface area contributed by atoms with Crippen LogP contribution in [0.15, 0.2) is 60.7 Å². The van der Waals surface area contributed by atoms with E-state index in [4.69, 9.17) is 14.2 Å². The highest BCUT2D eigenvalue weighted by molar-refractivity contribution is 5.97. The number of carbonyl (C=O) groups excluding carboxylic acids is 4. The van der Waals surface area contributed by atoms with Crippen molar-refractivity contribution < 1.29 is 33.4 Å². The van der Waals surface area contributed by atoms with Gasteiger partial charge in [-0.2, -0.15) is 0 Å². The number of esters is 3. The van der Waals surface area contributed by atoms with E-state index in [0.29, 0.717) is 0 Å². The molecule has 0 fully saturated rings. The van der Waals surface area contributed by atoms with Crippen molar-refractivity contribution in [2.75, 3.05) is 6.61 Å². The first-order chi connectivity index (χ1) is 15.0. The molecule has 1 atom stereocenters. The van der Waals surface area contributed by atoms with Crippen molar-refractivity contribution >= 4 is 23.7 Å². The topological polar surface area (TPSA) is 96.0 Å². The quantitative estimate of drug-likeness (QED) is 0.292. The monoisotopic (exact) mass is 426 g/mol. The zero-order chi connectivity index (χ0) is 22.5. The Morgan fingerprint density at radius 1 is 0.710 bits per heavy atom. The summed E-state index contributed by atoms with van der Waals surface area (Å²) in [5, 5.41) is 0. The lowest BCUT2D eigenvalue weighted by molar-refractivity contribution is -0.158. The van der Waals surface area contributed by atoms with Gasteiger partial charge in [-0.3, -0.25) is 19.2 Å². The number of rotatable bonds is 12. The highest BCUT2D eigenvalue weighted by Gasteiger charge is 2.28. The zero-order valence-corrected chi connectivity index (χ0v) is 17.5. The van der Waals surface area contributed by atoms with Gasteiger partial charge in [0.25, 0.3) is 0 Å². The van der Waals surface area contributed by atoms with Crippen LogP contribution in [-0.2, 0) is 46.6 Å². The molecule has 0 amide bonds. The molecule has 2 aromatic carbocycles. The second-order valence-corrected chi connectivity index (χ2v) is 6.87. The Hall–Kier alpha value is -3.48. The predicted molar refractivity (Wildman–Crippen MR) is 111 cm³/mol. The van der Waals surface area contributed by atoms with Crippen molar-refractivity contribution in [3.8, 4) is 0 Å². The molecule has 0 N–H and O–H groups in total. The van der Waals surface area contributed by atoms with Gasteiger partial charge in [0.15, 0.2) is 0 Å². The first kappa shape index (κ1) is 23.8. The Balaban J connectivity index is 1.96. The SMILES string of the molecule is CCOC(=O)CC(=O)C[C@H](CC(=O)OCc1ccccc1)C(=O)OCc1ccccc1. The molecule has 0 saturated carbocycles. The van der Waals surface area contributed by atoms with E-state index in [-0.39, 0.29) is 32.7 Å². The van der Waals surface area contributed by atoms with E-state index in [1.807, 2.05) is 48.5 Å². The van der Waals surface area contributed by atoms with Crippen molar-refractivity contribution in [3.05, 3.63) is 71.8 Å². The van der Waals surface area contributed by atoms with Gasteiger partial charge in [0.05, 0.1) is 18.9 Å². The fourth-order valence-electron chi connectivity index (χ4n) is 2.80. The molecular weight excluding hydrogens is 400 g/mol. The molecular formula is C24H26O7. The summed E-state index contributed by atoms with van der Waals surface area (Å²) in [6.45, 7) is 1.86. The molecule has 0 aliphatic carbocycles. The van der Waals surface area contributed by atoms with Crippen LogP contribution in [-0.4, -0.2) is 30.3 Å². The fraction of sp³-hybridized carbons (Fsp3) is 0.333. The summed E-state index contributed by atoms with van der Waals surface area (Å²) in [7, 11) is 0. The molecule has 0 saturated heterocycles. The van der Waals surface area contributed by atoms with Gasteiger partial charge < -0.3 is 14.2 Å². The lowest BCUT2D eigenvalue weighted by Crippen LogP contribution is -2.25. The van der Waals surface area contributed by atoms with E-state index in [1.165, 1.54) is 0 Å². The second-order valence-electron chi connectivity index (χ2n) is 6.87. The Bertz CT molecular complexity index is 862. The van der Waals surface area contributed by atoms with Gasteiger partial charge >= 0.3 is 17.9 Å². The standard InChI is InChI=1S/C24H26O7/c1-2-29-23(27)15-21(25)13-20(24(28)31-17-19-11-7-4-8-12-19)14-22(26)30-16-18-9-5-3-6-10-18/h3-12,20H,2,13-17H2,1H3/t20-/m1/s1. The summed E-state index contributed by atoms with van der Waals surface area (Å²) < 4.78 is 15.3. The van der Waals surface area contributed by atoms with Gasteiger partial charge in [-0.15, -0.1) is 0 Å². The summed E-state index contributed by atoms with van der Waals surface area (Å²) in [5.41, 5.74) is 1.58. The Morgan fingerprint density at radius 3 is 1.81 bits per heavy atom. The van der Waals surface area contributed by atoms with Crippen LogP contribution < -0.4 is 0 Å². The van der Waals surface area contributed by atoms with Crippen LogP contribution >= 0.6 is 0 Å². The van der Waals surface area contributed by atoms with Crippen molar-refractivity contribution in [1.29, 1.82) is 0 Å². The van der Waals surface area contributed by atoms with E-state index in [1.54, 1.807) is 19.1 Å². The fourth-order valence-corrected chi connectivity index (χ4v) is 2.80. The van der Waals surface area contributed by atoms with E-state index < -0.39 is 36.0 Å². The third-order valence-corrected chi connectivity index (χ3v) is 4.33. The van der Waals surface area contributed by atoms with Crippen LogP contribution in [0, 0.1) is 5.92 Å². The summed E-state index contributed by atoms with van der Waals surface area (Å²) in [6, 6.07) is 18.1. The minimum Gasteiger partial charge on any atom is -0.466 e. The lowest BCUT2D eigenvalue weighted by atomic mass is 9.97. The van der Waals surface area contributed by atoms with Crippen LogP contribution in [0.2, 0.25) is 0 Å². The first-order valence-corrected chi connectivity index (χ1v) is 10.0. The third-order valence-electron chi connectivity index (χ3n) is 4.33. The molecule has 0 heterocycles. The third kappa shape index (κ3) is 9.25. The molecule has 2 aromatic rings. The number of ketones is 1. The average Bonchev–Trinajstić information content (AvgIpc) is 2.77. The second kappa shape index (κ2) is 13.0. The number of Topliss-reactive ketones (excluding diaryl/α,β-unsaturated/α-hetero) is 1. The molecule has 164 valence electrons. The van der Waals surface area contributed by atoms with Crippen LogP contribution in [0.1, 0.15) is 37.3 Å². The van der Waals surface area contributed by atoms with E-state index in [2.05, 4.69) is 0 Å². The average molecular weight is 426 g/mol. The molecule has 7 nitrogen and oxygen atoms in total. The molecule has 0 unspecified atom stereocenters. The Kier molecular flexibility index (Phi) is 9.94. The molecule has 31 heavy (non-hydrogen) atoms. The van der Waals surface area contributed by atoms with Crippen molar-refractivity contribution in [3.63, 3.8) is 0 Å². The number of hydrogen-bond acceptors (Lipinski definition) is 7. The molecule has 0 radical (unpaired) electrons. The van der Waals surface area contributed by atoms with Gasteiger partial charge in [-0.1, -0.05) is 60.7 Å². The maximum Gasteiger partial charge on any atom is 0.313 e. The molecule has 0 aromatic heterocycles. The molecule has 0 spiro atoms. The van der Waals surface area contributed by atoms with Crippen LogP contribution in [0.3, 0.4) is 0 Å². The predicted octanol–water partition coefficient (Wildman–Crippen LogP) is 3.39. The maximum absolute atomic E-state index is 12.6. The molecule has 2 rings (SSSR count). The maximum atomic E-state index is 12.6. The molecule has 7 heteroatoms. The normalized spacial score (nSPS) is 11.3. The number of carbonyl (C=O) groups is 4. The largest absolute Gasteiger partial charge is 0.466 e. The highest BCUT2D eigenvalue weighted by Crippen LogP contribution is 2.16. The minimum absolute atomic E-state index is 0.0152. The number of benzene rings is 2. The lowest BCUT2D eigenvalue weighted by Gasteiger charge is -2.15. The van der Waals surface area contributed by atoms with Crippen molar-refractivity contribution in [1.82, 2.24) is 0 Å². The summed E-state index contributed by atoms with van der Waals surface area (Å²) in [6.07, 6.45) is -1.10. The van der Waals surface area contributed by atoms with E-state index >= 15 is 0 Å². The summed E-state index contributed by atoms with van der Waals surface area (Å²) in [4.78, 5) is 48.6. The Labute approximate surface area is 181 Å². The molecule has 0 bridgehead atoms. The summed E-state index contributed by atoms with van der Waals surface area (Å²) in [5.74, 6) is -3.55. The molecule has 0 aliphatic rings. The summed E-state index contributed by atoms with van der Waals surface area (Å²) >= 11 is 0. The Morgan fingerprint density at radius 2 is 1.26 bits per heavy atom. The highest BCUT2D eigenvalue weighted by atomic mass is 16.5. The smallest absolute Gasteiger partial charge is 0.313 e. The van der Waals surface area contributed by atoms with E-state index in [9.17, 15) is 19.2 Å². The van der Waals surface area contributed by atoms with Gasteiger partial charge in [-0.25, -0.2) is 0 Å². The number of hydrogen-bond donors (Lipinski definition) is 0. The number of ether oxygens (including phenoxy) is 3. The van der Waals surface area contributed by atoms with Gasteiger partial charge in [0, 0.05) is 6.42 Å². The van der Waals surface area contributed by atoms with E-state index in [0.717, 1.165) is 11.1 Å². The van der Waals surface area contributed by atoms with Crippen LogP contribution in [0.25, 0.3) is 0 Å². The van der Waals surface area contributed by atoms with Gasteiger partial charge in [-0.05, 0) is 18.1 Å². The van der Waals surface area contributed by atoms with Crippen LogP contribution in [0.4, 0.5) is 0 Å². The van der Waals surface area contributed by atoms with Gasteiger partial charge in [0.1, 0.15) is 25.4 Å². The van der Waals surface area contributed by atoms with Crippen LogP contribution in [0.5, 0.6) is 0 Å². The minimum atomic E-state index is -1.05. The zero-order valence-electron chi connectivity index (χ0n) is 17.5. The van der Waals surface area contributed by atoms with Crippen molar-refractivity contribution in [2.24, 2.45) is 5.92 Å². The molecule has 0 aliphatic heterocycles. The van der Waals surface area contributed by atoms with Gasteiger partial charge in [0.2, 0.25) is 0 Å².